The van der Waals surface area contributed by atoms with Gasteiger partial charge >= 0.3 is 0 Å². The highest BCUT2D eigenvalue weighted by molar-refractivity contribution is 5.98. The summed E-state index contributed by atoms with van der Waals surface area (Å²) in [5, 5.41) is 3.60. The number of hydrogen-bond donors (Lipinski definition) is 1. The van der Waals surface area contributed by atoms with Crippen molar-refractivity contribution in [3.63, 3.8) is 0 Å². The molecule has 2 aromatic rings. The van der Waals surface area contributed by atoms with Crippen LogP contribution in [0.3, 0.4) is 0 Å². The first-order valence-electron chi connectivity index (χ1n) is 5.64. The van der Waals surface area contributed by atoms with Crippen LogP contribution in [0.2, 0.25) is 0 Å². The number of ketones is 1. The number of rotatable bonds is 5. The van der Waals surface area contributed by atoms with Gasteiger partial charge in [0.15, 0.2) is 17.2 Å². The van der Waals surface area contributed by atoms with Gasteiger partial charge in [-0.2, -0.15) is 0 Å². The number of carbonyl (C=O) groups excluding carboxylic acids is 1. The third-order valence-corrected chi connectivity index (χ3v) is 2.48. The maximum absolute atomic E-state index is 13.3. The summed E-state index contributed by atoms with van der Waals surface area (Å²) in [6.45, 7) is 3.02. The van der Waals surface area contributed by atoms with Crippen LogP contribution in [-0.2, 0) is 0 Å². The molecule has 17 heavy (non-hydrogen) atoms. The summed E-state index contributed by atoms with van der Waals surface area (Å²) in [6.07, 6.45) is 0.960. The average molecular weight is 235 g/mol. The van der Waals surface area contributed by atoms with Gasteiger partial charge in [0.1, 0.15) is 0 Å². The number of furan rings is 1. The van der Waals surface area contributed by atoms with Crippen molar-refractivity contribution >= 4 is 16.8 Å². The molecule has 90 valence electrons. The van der Waals surface area contributed by atoms with Crippen LogP contribution in [0.5, 0.6) is 0 Å². The largest absolute Gasteiger partial charge is 0.450 e. The van der Waals surface area contributed by atoms with E-state index in [-0.39, 0.29) is 23.7 Å². The quantitative estimate of drug-likeness (QED) is 0.640. The molecular weight excluding hydrogens is 221 g/mol. The van der Waals surface area contributed by atoms with Crippen molar-refractivity contribution in [3.8, 4) is 0 Å². The zero-order valence-electron chi connectivity index (χ0n) is 9.63. The summed E-state index contributed by atoms with van der Waals surface area (Å²) in [6, 6.07) is 6.21. The van der Waals surface area contributed by atoms with Gasteiger partial charge in [-0.15, -0.1) is 0 Å². The van der Waals surface area contributed by atoms with Crippen molar-refractivity contribution in [2.45, 2.75) is 13.3 Å². The maximum atomic E-state index is 13.3. The Balaban J connectivity index is 2.19. The van der Waals surface area contributed by atoms with Crippen molar-refractivity contribution in [2.75, 3.05) is 13.1 Å². The first-order chi connectivity index (χ1) is 8.22. The van der Waals surface area contributed by atoms with Gasteiger partial charge in [0, 0.05) is 5.39 Å². The normalized spacial score (nSPS) is 10.9. The highest BCUT2D eigenvalue weighted by Gasteiger charge is 2.13. The van der Waals surface area contributed by atoms with E-state index in [1.54, 1.807) is 18.2 Å². The van der Waals surface area contributed by atoms with Crippen molar-refractivity contribution in [1.82, 2.24) is 5.32 Å². The molecule has 1 aromatic carbocycles. The van der Waals surface area contributed by atoms with Crippen LogP contribution in [0.25, 0.3) is 11.0 Å². The molecule has 4 heteroatoms. The number of nitrogens with one attached hydrogen (secondary N) is 1. The Hall–Kier alpha value is -1.68. The number of benzene rings is 1. The molecule has 0 aliphatic carbocycles. The molecule has 0 atom stereocenters. The second-order valence-corrected chi connectivity index (χ2v) is 3.87. The van der Waals surface area contributed by atoms with Gasteiger partial charge in [-0.25, -0.2) is 4.39 Å². The molecule has 3 nitrogen and oxygen atoms in total. The average Bonchev–Trinajstić information content (AvgIpc) is 2.75. The highest BCUT2D eigenvalue weighted by Crippen LogP contribution is 2.22. The van der Waals surface area contributed by atoms with Crippen molar-refractivity contribution in [2.24, 2.45) is 0 Å². The number of carbonyl (C=O) groups is 1. The van der Waals surface area contributed by atoms with Gasteiger partial charge in [-0.1, -0.05) is 19.1 Å². The van der Waals surface area contributed by atoms with Crippen LogP contribution in [0.4, 0.5) is 4.39 Å². The lowest BCUT2D eigenvalue weighted by atomic mass is 10.2. The Morgan fingerprint density at radius 3 is 3.00 bits per heavy atom. The molecule has 0 saturated carbocycles. The van der Waals surface area contributed by atoms with Crippen LogP contribution in [0.15, 0.2) is 28.7 Å². The first-order valence-corrected chi connectivity index (χ1v) is 5.64. The molecule has 0 bridgehead atoms. The van der Waals surface area contributed by atoms with E-state index < -0.39 is 5.82 Å². The first kappa shape index (κ1) is 11.8. The summed E-state index contributed by atoms with van der Waals surface area (Å²) < 4.78 is 18.6. The molecule has 0 saturated heterocycles. The molecule has 0 aliphatic rings. The molecule has 1 heterocycles. The van der Waals surface area contributed by atoms with Crippen LogP contribution < -0.4 is 5.32 Å². The van der Waals surface area contributed by atoms with Crippen LogP contribution >= 0.6 is 0 Å². The van der Waals surface area contributed by atoms with Gasteiger partial charge in [0.05, 0.1) is 6.54 Å². The highest BCUT2D eigenvalue weighted by atomic mass is 19.1. The van der Waals surface area contributed by atoms with Crippen molar-refractivity contribution in [1.29, 1.82) is 0 Å². The number of hydrogen-bond acceptors (Lipinski definition) is 3. The van der Waals surface area contributed by atoms with Gasteiger partial charge < -0.3 is 9.73 Å². The molecule has 0 unspecified atom stereocenters. The van der Waals surface area contributed by atoms with E-state index in [1.807, 2.05) is 6.92 Å². The minimum atomic E-state index is -0.442. The van der Waals surface area contributed by atoms with E-state index in [0.717, 1.165) is 13.0 Å². The second kappa shape index (κ2) is 5.10. The molecule has 0 aliphatic heterocycles. The number of Topliss-reactive ketones (excluding diaryl/α,β-unsaturated/α-hetero) is 1. The zero-order chi connectivity index (χ0) is 12.3. The molecule has 1 aromatic heterocycles. The van der Waals surface area contributed by atoms with Crippen LogP contribution in [-0.4, -0.2) is 18.9 Å². The number of halogens is 1. The standard InChI is InChI=1S/C13H14FNO2/c1-2-6-15-8-11(16)12-7-9-4-3-5-10(14)13(9)17-12/h3-5,7,15H,2,6,8H2,1H3. The Labute approximate surface area is 98.6 Å². The third kappa shape index (κ3) is 2.53. The van der Waals surface area contributed by atoms with Crippen LogP contribution in [0.1, 0.15) is 23.9 Å². The predicted molar refractivity (Wildman–Crippen MR) is 63.7 cm³/mol. The third-order valence-electron chi connectivity index (χ3n) is 2.48. The minimum Gasteiger partial charge on any atom is -0.450 e. The molecule has 0 radical (unpaired) electrons. The summed E-state index contributed by atoms with van der Waals surface area (Å²) >= 11 is 0. The van der Waals surface area contributed by atoms with E-state index in [0.29, 0.717) is 5.39 Å². The van der Waals surface area contributed by atoms with Gasteiger partial charge in [0.2, 0.25) is 5.78 Å². The van der Waals surface area contributed by atoms with Gasteiger partial charge in [-0.3, -0.25) is 4.79 Å². The minimum absolute atomic E-state index is 0.145. The topological polar surface area (TPSA) is 42.2 Å². The van der Waals surface area contributed by atoms with Crippen LogP contribution in [0, 0.1) is 5.82 Å². The number of para-hydroxylation sites is 1. The Morgan fingerprint density at radius 2 is 2.29 bits per heavy atom. The van der Waals surface area contributed by atoms with Gasteiger partial charge in [-0.05, 0) is 25.1 Å². The van der Waals surface area contributed by atoms with E-state index in [9.17, 15) is 9.18 Å². The Kier molecular flexibility index (Phi) is 3.54. The Bertz CT molecular complexity index is 533. The van der Waals surface area contributed by atoms with E-state index in [1.165, 1.54) is 6.07 Å². The molecule has 0 spiro atoms. The smallest absolute Gasteiger partial charge is 0.211 e. The molecule has 0 amide bonds. The number of fused-ring (bicyclic) bond motifs is 1. The molecule has 2 rings (SSSR count). The molecular formula is C13H14FNO2. The van der Waals surface area contributed by atoms with Crippen molar-refractivity contribution < 1.29 is 13.6 Å². The summed E-state index contributed by atoms with van der Waals surface area (Å²) in [5.74, 6) is -0.397. The van der Waals surface area contributed by atoms with E-state index in [4.69, 9.17) is 4.42 Å². The maximum Gasteiger partial charge on any atom is 0.211 e. The zero-order valence-corrected chi connectivity index (χ0v) is 9.63. The molecule has 0 fully saturated rings. The lowest BCUT2D eigenvalue weighted by Crippen LogP contribution is -2.23. The van der Waals surface area contributed by atoms with Crippen molar-refractivity contribution in [3.05, 3.63) is 35.8 Å². The Morgan fingerprint density at radius 1 is 1.47 bits per heavy atom. The summed E-state index contributed by atoms with van der Waals surface area (Å²) in [4.78, 5) is 11.7. The fourth-order valence-electron chi connectivity index (χ4n) is 1.63. The van der Waals surface area contributed by atoms with Gasteiger partial charge in [0.25, 0.3) is 0 Å². The second-order valence-electron chi connectivity index (χ2n) is 3.87. The fourth-order valence-corrected chi connectivity index (χ4v) is 1.63. The lowest BCUT2D eigenvalue weighted by Gasteiger charge is -1.98. The fraction of sp³-hybridized carbons (Fsp3) is 0.308. The lowest BCUT2D eigenvalue weighted by molar-refractivity contribution is 0.0967. The molecule has 1 N–H and O–H groups in total. The SMILES string of the molecule is CCCNCC(=O)c1cc2cccc(F)c2o1. The summed E-state index contributed by atoms with van der Waals surface area (Å²) in [7, 11) is 0. The monoisotopic (exact) mass is 235 g/mol. The van der Waals surface area contributed by atoms with E-state index in [2.05, 4.69) is 5.32 Å². The summed E-state index contributed by atoms with van der Waals surface area (Å²) in [5.41, 5.74) is 0.145. The predicted octanol–water partition coefficient (Wildman–Crippen LogP) is 2.75. The van der Waals surface area contributed by atoms with E-state index >= 15 is 0 Å².